The first kappa shape index (κ1) is 24.7. The average molecular weight is 543 g/mol. The van der Waals surface area contributed by atoms with Crippen LogP contribution in [0.2, 0.25) is 5.02 Å². The van der Waals surface area contributed by atoms with E-state index in [2.05, 4.69) is 4.99 Å². The molecule has 3 heterocycles. The van der Waals surface area contributed by atoms with Crippen molar-refractivity contribution in [2.75, 3.05) is 13.0 Å². The lowest BCUT2D eigenvalue weighted by Gasteiger charge is -2.25. The number of ether oxygens (including phenoxy) is 3. The fraction of sp³-hybridized carbons (Fsp3) is 0.269. The molecule has 36 heavy (non-hydrogen) atoms. The monoisotopic (exact) mass is 542 g/mol. The highest BCUT2D eigenvalue weighted by atomic mass is 35.5. The van der Waals surface area contributed by atoms with Gasteiger partial charge in [0.2, 0.25) is 6.79 Å². The van der Waals surface area contributed by atoms with Gasteiger partial charge in [-0.05, 0) is 62.4 Å². The maximum absolute atomic E-state index is 13.8. The highest BCUT2D eigenvalue weighted by Gasteiger charge is 2.33. The van der Waals surface area contributed by atoms with Crippen molar-refractivity contribution in [3.05, 3.63) is 83.5 Å². The van der Waals surface area contributed by atoms with Crippen molar-refractivity contribution < 1.29 is 19.0 Å². The Morgan fingerprint density at radius 3 is 2.61 bits per heavy atom. The maximum Gasteiger partial charge on any atom is 0.338 e. The molecule has 0 saturated carbocycles. The molecule has 0 amide bonds. The van der Waals surface area contributed by atoms with Gasteiger partial charge in [0.15, 0.2) is 16.3 Å². The number of esters is 1. The Morgan fingerprint density at radius 1 is 1.25 bits per heavy atom. The van der Waals surface area contributed by atoms with E-state index in [1.807, 2.05) is 30.5 Å². The topological polar surface area (TPSA) is 79.1 Å². The van der Waals surface area contributed by atoms with Crippen molar-refractivity contribution in [1.82, 2.24) is 4.57 Å². The van der Waals surface area contributed by atoms with Gasteiger partial charge < -0.3 is 14.2 Å². The Balaban J connectivity index is 1.69. The van der Waals surface area contributed by atoms with Gasteiger partial charge in [-0.15, -0.1) is 11.8 Å². The normalized spacial score (nSPS) is 16.8. The van der Waals surface area contributed by atoms with Crippen LogP contribution < -0.4 is 24.4 Å². The van der Waals surface area contributed by atoms with Crippen LogP contribution in [0.4, 0.5) is 0 Å². The highest BCUT2D eigenvalue weighted by molar-refractivity contribution is 7.98. The Hall–Kier alpha value is -3.01. The molecule has 10 heteroatoms. The summed E-state index contributed by atoms with van der Waals surface area (Å²) in [5.41, 5.74) is 2.02. The Bertz CT molecular complexity index is 1570. The summed E-state index contributed by atoms with van der Waals surface area (Å²) >= 11 is 9.32. The summed E-state index contributed by atoms with van der Waals surface area (Å²) in [6, 6.07) is 10.6. The second kappa shape index (κ2) is 9.80. The molecule has 0 saturated heterocycles. The number of hydrogen-bond acceptors (Lipinski definition) is 8. The minimum absolute atomic E-state index is 0.126. The first-order valence-corrected chi connectivity index (χ1v) is 13.7. The van der Waals surface area contributed by atoms with Crippen LogP contribution in [0, 0.1) is 0 Å². The number of thiazole rings is 1. The van der Waals surface area contributed by atoms with Gasteiger partial charge in [-0.3, -0.25) is 9.36 Å². The number of thioether (sulfide) groups is 1. The van der Waals surface area contributed by atoms with Gasteiger partial charge in [0.25, 0.3) is 5.56 Å². The molecular weight excluding hydrogens is 520 g/mol. The zero-order valence-electron chi connectivity index (χ0n) is 20.0. The molecule has 0 bridgehead atoms. The zero-order chi connectivity index (χ0) is 25.6. The van der Waals surface area contributed by atoms with E-state index in [4.69, 9.17) is 25.8 Å². The van der Waals surface area contributed by atoms with Crippen molar-refractivity contribution in [3.8, 4) is 11.5 Å². The number of benzene rings is 2. The third-order valence-electron chi connectivity index (χ3n) is 5.79. The Labute approximate surface area is 220 Å². The van der Waals surface area contributed by atoms with E-state index in [0.29, 0.717) is 42.7 Å². The summed E-state index contributed by atoms with van der Waals surface area (Å²) < 4.78 is 18.4. The van der Waals surface area contributed by atoms with Crippen LogP contribution in [-0.2, 0) is 9.53 Å². The van der Waals surface area contributed by atoms with Gasteiger partial charge in [-0.1, -0.05) is 35.1 Å². The third-order valence-corrected chi connectivity index (χ3v) is 7.85. The van der Waals surface area contributed by atoms with Gasteiger partial charge in [0, 0.05) is 11.0 Å². The number of carbonyl (C=O) groups is 1. The molecule has 0 aliphatic carbocycles. The van der Waals surface area contributed by atoms with Crippen LogP contribution in [0.15, 0.2) is 62.4 Å². The predicted molar refractivity (Wildman–Crippen MR) is 141 cm³/mol. The quantitative estimate of drug-likeness (QED) is 0.353. The van der Waals surface area contributed by atoms with Gasteiger partial charge >= 0.3 is 5.97 Å². The number of rotatable bonds is 5. The van der Waals surface area contributed by atoms with Crippen LogP contribution in [0.1, 0.15) is 37.9 Å². The largest absolute Gasteiger partial charge is 0.459 e. The lowest BCUT2D eigenvalue weighted by molar-refractivity contribution is -0.143. The number of halogens is 1. The van der Waals surface area contributed by atoms with E-state index >= 15 is 0 Å². The Kier molecular flexibility index (Phi) is 6.72. The minimum Gasteiger partial charge on any atom is -0.459 e. The molecule has 0 unspecified atom stereocenters. The summed E-state index contributed by atoms with van der Waals surface area (Å²) in [6.07, 6.45) is 3.40. The number of allylic oxidation sites excluding steroid dienone is 1. The zero-order valence-corrected chi connectivity index (χ0v) is 22.4. The van der Waals surface area contributed by atoms with Crippen molar-refractivity contribution >= 4 is 46.7 Å². The fourth-order valence-electron chi connectivity index (χ4n) is 4.15. The first-order valence-electron chi connectivity index (χ1n) is 11.2. The fourth-order valence-corrected chi connectivity index (χ4v) is 5.80. The van der Waals surface area contributed by atoms with E-state index in [9.17, 15) is 9.59 Å². The van der Waals surface area contributed by atoms with Crippen LogP contribution >= 0.6 is 34.7 Å². The summed E-state index contributed by atoms with van der Waals surface area (Å²) in [7, 11) is 0. The van der Waals surface area contributed by atoms with E-state index in [1.165, 1.54) is 11.3 Å². The van der Waals surface area contributed by atoms with Crippen molar-refractivity contribution in [1.29, 1.82) is 0 Å². The molecule has 1 atom stereocenters. The first-order chi connectivity index (χ1) is 17.3. The molecule has 0 radical (unpaired) electrons. The van der Waals surface area contributed by atoms with Gasteiger partial charge in [0.1, 0.15) is 0 Å². The molecule has 2 aliphatic heterocycles. The van der Waals surface area contributed by atoms with Crippen LogP contribution in [0.25, 0.3) is 6.08 Å². The highest BCUT2D eigenvalue weighted by Crippen LogP contribution is 2.37. The summed E-state index contributed by atoms with van der Waals surface area (Å²) in [4.78, 5) is 33.2. The van der Waals surface area contributed by atoms with E-state index < -0.39 is 12.0 Å². The van der Waals surface area contributed by atoms with Crippen molar-refractivity contribution in [2.45, 2.75) is 37.8 Å². The SMILES string of the molecule is CSc1ccc([C@@H]2C(C(=O)OC(C)C)=C(C)N=c3s/c(=C\c4cc5c(cc4Cl)OCO5)c(=O)n32)cc1. The summed E-state index contributed by atoms with van der Waals surface area (Å²) in [6.45, 7) is 5.48. The van der Waals surface area contributed by atoms with Gasteiger partial charge in [0.05, 0.1) is 33.0 Å². The molecule has 0 N–H and O–H groups in total. The van der Waals surface area contributed by atoms with Crippen molar-refractivity contribution in [2.24, 2.45) is 4.99 Å². The third kappa shape index (κ3) is 4.47. The second-order valence-electron chi connectivity index (χ2n) is 8.54. The molecule has 1 aromatic heterocycles. The lowest BCUT2D eigenvalue weighted by atomic mass is 9.96. The summed E-state index contributed by atoms with van der Waals surface area (Å²) in [5.74, 6) is 0.647. The van der Waals surface area contributed by atoms with E-state index in [1.54, 1.807) is 55.3 Å². The molecule has 3 aromatic rings. The Morgan fingerprint density at radius 2 is 1.94 bits per heavy atom. The van der Waals surface area contributed by atoms with Crippen molar-refractivity contribution in [3.63, 3.8) is 0 Å². The number of carbonyl (C=O) groups excluding carboxylic acids is 1. The number of aromatic nitrogens is 1. The van der Waals surface area contributed by atoms with Crippen LogP contribution in [0.3, 0.4) is 0 Å². The standard InChI is InChI=1S/C26H23ClN2O5S2/c1-13(2)34-25(31)22-14(3)28-26-29(23(22)15-5-7-17(35-4)8-6-15)24(30)21(36-26)10-16-9-19-20(11-18(16)27)33-12-32-19/h5-11,13,23H,12H2,1-4H3/b21-10-/t23-/m1/s1. The smallest absolute Gasteiger partial charge is 0.338 e. The molecule has 2 aliphatic rings. The van der Waals surface area contributed by atoms with Crippen LogP contribution in [-0.4, -0.2) is 29.7 Å². The summed E-state index contributed by atoms with van der Waals surface area (Å²) in [5, 5.41) is 0.437. The average Bonchev–Trinajstić information content (AvgIpc) is 3.41. The van der Waals surface area contributed by atoms with Crippen LogP contribution in [0.5, 0.6) is 11.5 Å². The van der Waals surface area contributed by atoms with E-state index in [0.717, 1.165) is 10.5 Å². The second-order valence-corrected chi connectivity index (χ2v) is 10.8. The number of nitrogens with zero attached hydrogens (tertiary/aromatic N) is 2. The predicted octanol–water partition coefficient (Wildman–Crippen LogP) is 4.29. The molecule has 7 nitrogen and oxygen atoms in total. The van der Waals surface area contributed by atoms with Gasteiger partial charge in [-0.2, -0.15) is 0 Å². The molecule has 0 spiro atoms. The molecule has 186 valence electrons. The molecule has 5 rings (SSSR count). The minimum atomic E-state index is -0.669. The van der Waals surface area contributed by atoms with Gasteiger partial charge in [-0.25, -0.2) is 9.79 Å². The lowest BCUT2D eigenvalue weighted by Crippen LogP contribution is -2.40. The molecule has 0 fully saturated rings. The maximum atomic E-state index is 13.8. The molecular formula is C26H23ClN2O5S2. The van der Waals surface area contributed by atoms with E-state index in [-0.39, 0.29) is 18.5 Å². The number of hydrogen-bond donors (Lipinski definition) is 0. The number of fused-ring (bicyclic) bond motifs is 2. The molecule has 2 aromatic carbocycles.